The number of carbonyl (C=O) groups is 4. The third kappa shape index (κ3) is 84.3. The maximum Gasteiger partial charge on any atom is 1.00 e. The fourth-order valence-corrected chi connectivity index (χ4v) is 3.14. The smallest absolute Gasteiger partial charge is 0.870 e. The molecule has 0 bridgehead atoms. The van der Waals surface area contributed by atoms with E-state index in [1.54, 1.807) is 0 Å². The first kappa shape index (κ1) is 68.4. The van der Waals surface area contributed by atoms with Gasteiger partial charge in [-0.05, 0) is 31.4 Å². The van der Waals surface area contributed by atoms with E-state index in [1.807, 2.05) is 20.8 Å². The van der Waals surface area contributed by atoms with Crippen molar-refractivity contribution >= 4 is 186 Å². The van der Waals surface area contributed by atoms with Crippen LogP contribution in [-0.4, -0.2) is 74.3 Å². The number of alkyl halides is 14. The molecule has 0 aromatic carbocycles. The van der Waals surface area contributed by atoms with Gasteiger partial charge in [-0.3, -0.25) is 4.79 Å². The summed E-state index contributed by atoms with van der Waals surface area (Å²) in [5.41, 5.74) is 0. The molecule has 0 fully saturated rings. The van der Waals surface area contributed by atoms with Crippen molar-refractivity contribution in [3.05, 3.63) is 37.0 Å². The number of hydrogen-bond acceptors (Lipinski definition) is 8. The second-order valence-electron chi connectivity index (χ2n) is 8.57. The van der Waals surface area contributed by atoms with Crippen molar-refractivity contribution < 1.29 is 62.8 Å². The SMILES string of the molecule is C=CC(=O)OCCCC.CCCCOC(=O)/C=C/C(Cl)(Cl)Cl.CCCCOC(=O)C(Cl)CC(Cl)(Cl)Cl.ClC(Cl)(Cl)Cl.O=C(O)/C=C\C(Cl)(Cl)Cl.[Li+].[OH-]. The predicted octanol–water partition coefficient (Wildman–Crippen LogP) is 9.85. The number of allylic oxidation sites excluding steroid dienone is 2. The van der Waals surface area contributed by atoms with Gasteiger partial charge in [-0.1, -0.05) is 197 Å². The molecule has 24 heteroatoms. The summed E-state index contributed by atoms with van der Waals surface area (Å²) in [4.78, 5) is 42.2. The standard InChI is InChI=1S/C8H12Cl4O2.C8H11Cl3O2.C7H12O2.C4H3Cl3O2.CCl4.Li.H2O/c1-2-3-4-14-7(13)6(9)5-8(10,11)12;1-2-3-6-13-7(12)4-5-8(9,10)11;1-3-5-6-9-7(8)4-2;5-4(6,7)2-1-3(8)9;2-1(3,4)5;;/h6H,2-5H2,1H3;4-5H,2-3,6H2,1H3;4H,2-3,5-6H2,1H3;1-2H,(H,8,9);;;1H2/q;;;;;+1;/p-1/b;5-4+;;2-1-;;;. The molecule has 0 aliphatic heterocycles. The number of esters is 3. The zero-order valence-electron chi connectivity index (χ0n) is 28.3. The molecule has 0 aliphatic rings. The summed E-state index contributed by atoms with van der Waals surface area (Å²) in [7, 11) is 0. The summed E-state index contributed by atoms with van der Waals surface area (Å²) in [6, 6.07) is 0. The van der Waals surface area contributed by atoms with E-state index in [1.165, 1.54) is 6.08 Å². The molecule has 1 atom stereocenters. The molecule has 0 aromatic rings. The van der Waals surface area contributed by atoms with E-state index in [0.29, 0.717) is 19.8 Å². The molecule has 304 valence electrons. The van der Waals surface area contributed by atoms with E-state index >= 15 is 0 Å². The number of rotatable bonds is 14. The predicted molar refractivity (Wildman–Crippen MR) is 217 cm³/mol. The molecular weight excluding hydrogens is 984 g/mol. The molecule has 9 nitrogen and oxygen atoms in total. The Hall–Kier alpha value is 1.72. The fraction of sp³-hybridized carbons (Fsp3) is 0.643. The summed E-state index contributed by atoms with van der Waals surface area (Å²) in [6.07, 6.45) is 10.7. The van der Waals surface area contributed by atoms with Gasteiger partial charge >= 0.3 is 42.7 Å². The number of unbranched alkanes of at least 4 members (excludes halogenated alkanes) is 3. The van der Waals surface area contributed by atoms with Crippen molar-refractivity contribution in [2.75, 3.05) is 19.8 Å². The van der Waals surface area contributed by atoms with Gasteiger partial charge in [-0.25, -0.2) is 14.4 Å². The zero-order valence-corrected chi connectivity index (χ0v) is 38.9. The Bertz CT molecular complexity index is 975. The van der Waals surface area contributed by atoms with E-state index in [-0.39, 0.29) is 36.7 Å². The summed E-state index contributed by atoms with van der Waals surface area (Å²) in [5, 5.41) is 7.11. The van der Waals surface area contributed by atoms with Crippen molar-refractivity contribution in [2.45, 2.75) is 85.7 Å². The van der Waals surface area contributed by atoms with Gasteiger partial charge in [0.15, 0.2) is 3.79 Å². The van der Waals surface area contributed by atoms with Crippen molar-refractivity contribution in [1.29, 1.82) is 0 Å². The molecule has 0 saturated carbocycles. The van der Waals surface area contributed by atoms with Crippen LogP contribution >= 0.6 is 162 Å². The van der Waals surface area contributed by atoms with Crippen LogP contribution in [0.25, 0.3) is 0 Å². The van der Waals surface area contributed by atoms with E-state index < -0.39 is 37.9 Å². The van der Waals surface area contributed by atoms with Gasteiger partial charge in [0.1, 0.15) is 5.38 Å². The molecule has 0 heterocycles. The molecule has 0 rings (SSSR count). The number of halogens is 14. The molecule has 0 aliphatic carbocycles. The van der Waals surface area contributed by atoms with Gasteiger partial charge in [0.05, 0.1) is 19.8 Å². The average Bonchev–Trinajstić information content (AvgIpc) is 2.94. The summed E-state index contributed by atoms with van der Waals surface area (Å²) in [5.74, 6) is -2.49. The van der Waals surface area contributed by atoms with Crippen LogP contribution in [0.4, 0.5) is 0 Å². The van der Waals surface area contributed by atoms with E-state index in [9.17, 15) is 19.2 Å². The topological polar surface area (TPSA) is 146 Å². The number of carboxylic acid groups (broad SMARTS) is 1. The Morgan fingerprint density at radius 1 is 0.654 bits per heavy atom. The van der Waals surface area contributed by atoms with Gasteiger partial charge < -0.3 is 24.8 Å². The summed E-state index contributed by atoms with van der Waals surface area (Å²) in [6.45, 7) is 10.6. The Morgan fingerprint density at radius 2 is 0.981 bits per heavy atom. The number of ether oxygens (including phenoxy) is 3. The van der Waals surface area contributed by atoms with Gasteiger partial charge in [-0.2, -0.15) is 0 Å². The Morgan fingerprint density at radius 3 is 1.25 bits per heavy atom. The largest absolute Gasteiger partial charge is 1.00 e. The second-order valence-corrected chi connectivity index (χ2v) is 19.8. The second kappa shape index (κ2) is 40.9. The fourth-order valence-electron chi connectivity index (χ4n) is 1.76. The number of carboxylic acids is 1. The van der Waals surface area contributed by atoms with Gasteiger partial charge in [0.2, 0.25) is 7.59 Å². The van der Waals surface area contributed by atoms with Gasteiger partial charge in [0, 0.05) is 24.6 Å². The number of aliphatic carboxylic acids is 1. The van der Waals surface area contributed by atoms with Gasteiger partial charge in [-0.15, -0.1) is 11.6 Å². The van der Waals surface area contributed by atoms with Crippen LogP contribution in [-0.2, 0) is 33.4 Å². The average molecular weight is 1020 g/mol. The van der Waals surface area contributed by atoms with Crippen LogP contribution in [0.3, 0.4) is 0 Å². The molecular formula is C28H39Cl14LiO9. The minimum absolute atomic E-state index is 0. The van der Waals surface area contributed by atoms with Crippen molar-refractivity contribution in [3.8, 4) is 0 Å². The first-order valence-corrected chi connectivity index (χ1v) is 19.2. The first-order valence-electron chi connectivity index (χ1n) is 13.9. The maximum absolute atomic E-state index is 11.2. The van der Waals surface area contributed by atoms with Crippen molar-refractivity contribution in [3.63, 3.8) is 0 Å². The maximum atomic E-state index is 11.2. The molecule has 0 amide bonds. The minimum Gasteiger partial charge on any atom is -0.870 e. The van der Waals surface area contributed by atoms with Crippen LogP contribution in [0.1, 0.15) is 65.7 Å². The molecule has 2 N–H and O–H groups in total. The Labute approximate surface area is 387 Å². The Kier molecular flexibility index (Phi) is 53.8. The molecule has 1 unspecified atom stereocenters. The van der Waals surface area contributed by atoms with E-state index in [2.05, 4.69) is 11.3 Å². The van der Waals surface area contributed by atoms with Crippen molar-refractivity contribution in [1.82, 2.24) is 0 Å². The van der Waals surface area contributed by atoms with Gasteiger partial charge in [0.25, 0.3) is 3.25 Å². The summed E-state index contributed by atoms with van der Waals surface area (Å²) < 4.78 is 8.01. The monoisotopic (exact) mass is 1020 g/mol. The summed E-state index contributed by atoms with van der Waals surface area (Å²) >= 11 is 73.0. The minimum atomic E-state index is -1.61. The van der Waals surface area contributed by atoms with Crippen LogP contribution in [0.5, 0.6) is 0 Å². The van der Waals surface area contributed by atoms with Crippen LogP contribution in [0.2, 0.25) is 0 Å². The molecule has 52 heavy (non-hydrogen) atoms. The third-order valence-electron chi connectivity index (χ3n) is 3.88. The van der Waals surface area contributed by atoms with Crippen LogP contribution < -0.4 is 18.9 Å². The molecule has 0 aromatic heterocycles. The van der Waals surface area contributed by atoms with E-state index in [0.717, 1.165) is 62.8 Å². The molecule has 0 spiro atoms. The number of carbonyl (C=O) groups excluding carboxylic acids is 3. The first-order chi connectivity index (χ1) is 22.5. The normalized spacial score (nSPS) is 11.5. The number of hydrogen-bond donors (Lipinski definition) is 1. The quantitative estimate of drug-likeness (QED) is 0.0449. The van der Waals surface area contributed by atoms with Crippen LogP contribution in [0, 0.1) is 0 Å². The van der Waals surface area contributed by atoms with Crippen molar-refractivity contribution in [2.24, 2.45) is 0 Å². The molecule has 0 radical (unpaired) electrons. The van der Waals surface area contributed by atoms with Crippen LogP contribution in [0.15, 0.2) is 37.0 Å². The zero-order chi connectivity index (χ0) is 40.6. The Balaban J connectivity index is -0.0000000996. The van der Waals surface area contributed by atoms with E-state index in [4.69, 9.17) is 177 Å². The third-order valence-corrected chi connectivity index (χ3v) is 5.43. The molecule has 0 saturated heterocycles.